The number of hydrogen-bond acceptors (Lipinski definition) is 5. The van der Waals surface area contributed by atoms with Crippen LogP contribution in [-0.4, -0.2) is 26.4 Å². The van der Waals surface area contributed by atoms with Gasteiger partial charge in [-0.2, -0.15) is 0 Å². The van der Waals surface area contributed by atoms with Crippen molar-refractivity contribution in [2.45, 2.75) is 32.5 Å². The highest BCUT2D eigenvalue weighted by Gasteiger charge is 2.18. The highest BCUT2D eigenvalue weighted by atomic mass is 35.5. The number of rotatable bonds is 7. The quantitative estimate of drug-likeness (QED) is 0.567. The molecule has 6 nitrogen and oxygen atoms in total. The van der Waals surface area contributed by atoms with Crippen molar-refractivity contribution in [3.8, 4) is 11.6 Å². The first-order valence-electron chi connectivity index (χ1n) is 8.60. The average molecular weight is 405 g/mol. The number of aromatic nitrogens is 3. The first-order valence-corrected chi connectivity index (χ1v) is 9.96. The molecule has 0 bridgehead atoms. The minimum Gasteiger partial charge on any atom is -0.461 e. The van der Waals surface area contributed by atoms with Crippen LogP contribution in [0.2, 0.25) is 5.02 Å². The SMILES string of the molecule is Cc1ccc(NC(=O)CSc2nnc(-c3ccco3)n2CC(C)C)c(Cl)c1. The van der Waals surface area contributed by atoms with Crippen molar-refractivity contribution in [1.29, 1.82) is 0 Å². The number of nitrogens with zero attached hydrogens (tertiary/aromatic N) is 3. The second kappa shape index (κ2) is 8.63. The summed E-state index contributed by atoms with van der Waals surface area (Å²) in [6.45, 7) is 6.92. The average Bonchev–Trinajstić information content (AvgIpc) is 3.25. The summed E-state index contributed by atoms with van der Waals surface area (Å²) >= 11 is 7.51. The second-order valence-electron chi connectivity index (χ2n) is 6.61. The van der Waals surface area contributed by atoms with E-state index in [1.165, 1.54) is 11.8 Å². The van der Waals surface area contributed by atoms with Crippen molar-refractivity contribution in [3.63, 3.8) is 0 Å². The highest BCUT2D eigenvalue weighted by Crippen LogP contribution is 2.26. The van der Waals surface area contributed by atoms with Crippen molar-refractivity contribution in [2.75, 3.05) is 11.1 Å². The van der Waals surface area contributed by atoms with E-state index in [0.717, 1.165) is 12.1 Å². The maximum absolute atomic E-state index is 12.3. The van der Waals surface area contributed by atoms with Crippen LogP contribution < -0.4 is 5.32 Å². The Balaban J connectivity index is 1.70. The van der Waals surface area contributed by atoms with Crippen molar-refractivity contribution in [2.24, 2.45) is 5.92 Å². The van der Waals surface area contributed by atoms with E-state index in [1.807, 2.05) is 35.8 Å². The van der Waals surface area contributed by atoms with Gasteiger partial charge in [0.2, 0.25) is 5.91 Å². The summed E-state index contributed by atoms with van der Waals surface area (Å²) in [5.41, 5.74) is 1.65. The third-order valence-electron chi connectivity index (χ3n) is 3.74. The van der Waals surface area contributed by atoms with Gasteiger partial charge in [0.1, 0.15) is 0 Å². The Kier molecular flexibility index (Phi) is 6.23. The number of hydrogen-bond donors (Lipinski definition) is 1. The third-order valence-corrected chi connectivity index (χ3v) is 5.02. The molecule has 3 aromatic rings. The fourth-order valence-electron chi connectivity index (χ4n) is 2.55. The van der Waals surface area contributed by atoms with Crippen molar-refractivity contribution in [3.05, 3.63) is 47.2 Å². The van der Waals surface area contributed by atoms with Crippen molar-refractivity contribution in [1.82, 2.24) is 14.8 Å². The Morgan fingerprint density at radius 3 is 2.81 bits per heavy atom. The number of nitrogens with one attached hydrogen (secondary N) is 1. The minimum absolute atomic E-state index is 0.149. The van der Waals surface area contributed by atoms with Crippen LogP contribution in [-0.2, 0) is 11.3 Å². The van der Waals surface area contributed by atoms with Gasteiger partial charge in [0.25, 0.3) is 0 Å². The van der Waals surface area contributed by atoms with Gasteiger partial charge < -0.3 is 9.73 Å². The highest BCUT2D eigenvalue weighted by molar-refractivity contribution is 7.99. The van der Waals surface area contributed by atoms with Crippen LogP contribution in [0.1, 0.15) is 19.4 Å². The van der Waals surface area contributed by atoms with Gasteiger partial charge in [0.15, 0.2) is 16.7 Å². The molecule has 2 heterocycles. The summed E-state index contributed by atoms with van der Waals surface area (Å²) in [6.07, 6.45) is 1.61. The van der Waals surface area contributed by atoms with Crippen LogP contribution in [0.4, 0.5) is 5.69 Å². The Morgan fingerprint density at radius 2 is 2.15 bits per heavy atom. The Labute approximate surface area is 167 Å². The minimum atomic E-state index is -0.149. The topological polar surface area (TPSA) is 73.0 Å². The summed E-state index contributed by atoms with van der Waals surface area (Å²) in [5.74, 6) is 1.78. The number of halogens is 1. The summed E-state index contributed by atoms with van der Waals surface area (Å²) in [5, 5.41) is 12.5. The molecule has 0 atom stereocenters. The van der Waals surface area contributed by atoms with Gasteiger partial charge in [0.05, 0.1) is 22.7 Å². The Bertz CT molecular complexity index is 922. The number of aryl methyl sites for hydroxylation is 1. The molecule has 1 N–H and O–H groups in total. The van der Waals surface area contributed by atoms with E-state index in [4.69, 9.17) is 16.0 Å². The van der Waals surface area contributed by atoms with Gasteiger partial charge in [-0.05, 0) is 42.7 Å². The summed E-state index contributed by atoms with van der Waals surface area (Å²) in [4.78, 5) is 12.3. The van der Waals surface area contributed by atoms with Gasteiger partial charge in [0, 0.05) is 6.54 Å². The van der Waals surface area contributed by atoms with E-state index in [9.17, 15) is 4.79 Å². The predicted molar refractivity (Wildman–Crippen MR) is 108 cm³/mol. The van der Waals surface area contributed by atoms with Gasteiger partial charge in [-0.25, -0.2) is 0 Å². The van der Waals surface area contributed by atoms with E-state index in [1.54, 1.807) is 12.3 Å². The third kappa shape index (κ3) is 4.93. The lowest BCUT2D eigenvalue weighted by Gasteiger charge is -2.11. The number of amides is 1. The molecule has 0 aliphatic rings. The fraction of sp³-hybridized carbons (Fsp3) is 0.316. The predicted octanol–water partition coefficient (Wildman–Crippen LogP) is 4.89. The van der Waals surface area contributed by atoms with Gasteiger partial charge in [-0.15, -0.1) is 10.2 Å². The molecule has 1 amide bonds. The van der Waals surface area contributed by atoms with Gasteiger partial charge in [-0.1, -0.05) is 43.3 Å². The van der Waals surface area contributed by atoms with Crippen molar-refractivity contribution >= 4 is 35.0 Å². The summed E-state index contributed by atoms with van der Waals surface area (Å²) in [6, 6.07) is 9.19. The Hall–Kier alpha value is -2.25. The van der Waals surface area contributed by atoms with Crippen LogP contribution in [0.3, 0.4) is 0 Å². The molecule has 1 aromatic carbocycles. The maximum atomic E-state index is 12.3. The zero-order valence-corrected chi connectivity index (χ0v) is 17.0. The van der Waals surface area contributed by atoms with Crippen LogP contribution >= 0.6 is 23.4 Å². The number of thioether (sulfide) groups is 1. The standard InChI is InChI=1S/C19H21ClN4O2S/c1-12(2)10-24-18(16-5-4-8-26-16)22-23-19(24)27-11-17(25)21-15-7-6-13(3)9-14(15)20/h4-9,12H,10-11H2,1-3H3,(H,21,25). The van der Waals surface area contributed by atoms with Crippen LogP contribution in [0.5, 0.6) is 0 Å². The first-order chi connectivity index (χ1) is 12.9. The Morgan fingerprint density at radius 1 is 1.33 bits per heavy atom. The van der Waals surface area contributed by atoms with E-state index < -0.39 is 0 Å². The summed E-state index contributed by atoms with van der Waals surface area (Å²) < 4.78 is 7.44. The monoisotopic (exact) mass is 404 g/mol. The van der Waals surface area contributed by atoms with E-state index >= 15 is 0 Å². The number of carbonyl (C=O) groups excluding carboxylic acids is 1. The lowest BCUT2D eigenvalue weighted by atomic mass is 10.2. The van der Waals surface area contributed by atoms with Crippen molar-refractivity contribution < 1.29 is 9.21 Å². The number of furan rings is 1. The molecule has 0 saturated carbocycles. The summed E-state index contributed by atoms with van der Waals surface area (Å²) in [7, 11) is 0. The smallest absolute Gasteiger partial charge is 0.234 e. The van der Waals surface area contributed by atoms with Crippen LogP contribution in [0.15, 0.2) is 46.2 Å². The molecular weight excluding hydrogens is 384 g/mol. The molecular formula is C19H21ClN4O2S. The molecule has 142 valence electrons. The number of carbonyl (C=O) groups is 1. The molecule has 2 aromatic heterocycles. The molecule has 0 aliphatic carbocycles. The molecule has 0 unspecified atom stereocenters. The molecule has 3 rings (SSSR count). The number of anilines is 1. The second-order valence-corrected chi connectivity index (χ2v) is 7.96. The lowest BCUT2D eigenvalue weighted by molar-refractivity contribution is -0.113. The maximum Gasteiger partial charge on any atom is 0.234 e. The van der Waals surface area contributed by atoms with Crippen LogP contribution in [0.25, 0.3) is 11.6 Å². The van der Waals surface area contributed by atoms with Gasteiger partial charge in [-0.3, -0.25) is 9.36 Å². The van der Waals surface area contributed by atoms with E-state index in [0.29, 0.717) is 33.4 Å². The molecule has 0 spiro atoms. The van der Waals surface area contributed by atoms with Gasteiger partial charge >= 0.3 is 0 Å². The molecule has 0 fully saturated rings. The molecule has 0 radical (unpaired) electrons. The zero-order valence-electron chi connectivity index (χ0n) is 15.4. The number of benzene rings is 1. The molecule has 0 aliphatic heterocycles. The lowest BCUT2D eigenvalue weighted by Crippen LogP contribution is -2.15. The first kappa shape index (κ1) is 19.5. The molecule has 27 heavy (non-hydrogen) atoms. The molecule has 0 saturated heterocycles. The van der Waals surface area contributed by atoms with E-state index in [2.05, 4.69) is 29.4 Å². The fourth-order valence-corrected chi connectivity index (χ4v) is 3.58. The largest absolute Gasteiger partial charge is 0.461 e. The zero-order chi connectivity index (χ0) is 19.4. The van der Waals surface area contributed by atoms with E-state index in [-0.39, 0.29) is 11.7 Å². The molecule has 8 heteroatoms. The van der Waals surface area contributed by atoms with Crippen LogP contribution in [0, 0.1) is 12.8 Å². The normalized spacial score (nSPS) is 11.1.